The third kappa shape index (κ3) is 5.90. The second kappa shape index (κ2) is 10.8. The summed E-state index contributed by atoms with van der Waals surface area (Å²) in [7, 11) is 0. The van der Waals surface area contributed by atoms with Gasteiger partial charge in [0.05, 0.1) is 18.8 Å². The lowest BCUT2D eigenvalue weighted by atomic mass is 9.71. The van der Waals surface area contributed by atoms with E-state index in [9.17, 15) is 14.7 Å². The first-order valence-corrected chi connectivity index (χ1v) is 13.8. The lowest BCUT2D eigenvalue weighted by Crippen LogP contribution is -2.51. The molecule has 37 heavy (non-hydrogen) atoms. The van der Waals surface area contributed by atoms with E-state index in [1.165, 1.54) is 11.3 Å². The molecule has 3 aliphatic rings. The number of imide groups is 1. The average molecular weight is 508 g/mol. The summed E-state index contributed by atoms with van der Waals surface area (Å²) in [6, 6.07) is 11.3. The van der Waals surface area contributed by atoms with Gasteiger partial charge in [-0.1, -0.05) is 45.0 Å². The molecule has 1 N–H and O–H groups in total. The zero-order chi connectivity index (χ0) is 26.2. The van der Waals surface area contributed by atoms with Crippen LogP contribution < -0.4 is 0 Å². The molecule has 1 aliphatic carbocycles. The number of ether oxygens (including phenoxy) is 1. The van der Waals surface area contributed by atoms with Crippen molar-refractivity contribution in [3.63, 3.8) is 0 Å². The maximum absolute atomic E-state index is 13.1. The second-order valence-electron chi connectivity index (χ2n) is 12.1. The molecule has 2 aromatic carbocycles. The van der Waals surface area contributed by atoms with Gasteiger partial charge >= 0.3 is 0 Å². The third-order valence-corrected chi connectivity index (χ3v) is 8.30. The number of piperazine rings is 1. The maximum atomic E-state index is 13.1. The zero-order valence-electron chi connectivity index (χ0n) is 22.5. The lowest BCUT2D eigenvalue weighted by Gasteiger charge is -2.39. The molecule has 7 nitrogen and oxygen atoms in total. The molecule has 2 aliphatic heterocycles. The summed E-state index contributed by atoms with van der Waals surface area (Å²) in [5.41, 5.74) is 1.53. The summed E-state index contributed by atoms with van der Waals surface area (Å²) < 4.78 is 6.13. The van der Waals surface area contributed by atoms with Crippen LogP contribution in [0.3, 0.4) is 0 Å². The molecular weight excluding hydrogens is 466 g/mol. The quantitative estimate of drug-likeness (QED) is 0.550. The molecule has 0 bridgehead atoms. The molecule has 2 amide bonds. The molecular formula is C30H41N3O4. The molecule has 0 unspecified atom stereocenters. The number of hydrogen-bond acceptors (Lipinski definition) is 6. The summed E-state index contributed by atoms with van der Waals surface area (Å²) in [5, 5.41) is 12.3. The largest absolute Gasteiger partial charge is 0.389 e. The number of rotatable bonds is 8. The van der Waals surface area contributed by atoms with Crippen molar-refractivity contribution in [1.29, 1.82) is 0 Å². The van der Waals surface area contributed by atoms with Crippen molar-refractivity contribution in [2.24, 2.45) is 11.3 Å². The van der Waals surface area contributed by atoms with Crippen molar-refractivity contribution < 1.29 is 19.4 Å². The molecule has 1 saturated carbocycles. The van der Waals surface area contributed by atoms with Gasteiger partial charge in [-0.05, 0) is 48.1 Å². The normalized spacial score (nSPS) is 25.6. The van der Waals surface area contributed by atoms with Crippen molar-refractivity contribution in [3.05, 3.63) is 47.5 Å². The predicted molar refractivity (Wildman–Crippen MR) is 145 cm³/mol. The third-order valence-electron chi connectivity index (χ3n) is 8.30. The number of benzene rings is 2. The standard InChI is InChI=1S/C30H41N3O4/c1-21-16-24(18-30(2,3)17-21)37-20-23(34)19-32-12-10-31(11-13-32)14-15-33-28(35)25-8-4-6-22-7-5-9-26(27(22)25)29(33)36/h4-9,21,23-24,34H,10-20H2,1-3H3/t21-,23+,24+/m0/s1. The van der Waals surface area contributed by atoms with Gasteiger partial charge < -0.3 is 9.84 Å². The van der Waals surface area contributed by atoms with E-state index in [2.05, 4.69) is 30.6 Å². The first kappa shape index (κ1) is 26.3. The number of carbonyl (C=O) groups is 2. The number of hydrogen-bond donors (Lipinski definition) is 1. The maximum Gasteiger partial charge on any atom is 0.261 e. The molecule has 200 valence electrons. The highest BCUT2D eigenvalue weighted by molar-refractivity contribution is 6.25. The van der Waals surface area contributed by atoms with Gasteiger partial charge in [-0.2, -0.15) is 0 Å². The Morgan fingerprint density at radius 1 is 0.946 bits per heavy atom. The molecule has 0 aromatic heterocycles. The number of aliphatic hydroxyl groups excluding tert-OH is 1. The lowest BCUT2D eigenvalue weighted by molar-refractivity contribution is -0.0633. The van der Waals surface area contributed by atoms with Crippen molar-refractivity contribution in [2.45, 2.75) is 52.2 Å². The predicted octanol–water partition coefficient (Wildman–Crippen LogP) is 3.65. The summed E-state index contributed by atoms with van der Waals surface area (Å²) in [5.74, 6) is 0.261. The SMILES string of the molecule is C[C@H]1C[C@@H](OC[C@H](O)CN2CCN(CCN3C(=O)c4cccc5cccc(c45)C3=O)CC2)CC(C)(C)C1. The van der Waals surface area contributed by atoms with Crippen LogP contribution in [0.2, 0.25) is 0 Å². The van der Waals surface area contributed by atoms with Crippen LogP contribution in [0.15, 0.2) is 36.4 Å². The monoisotopic (exact) mass is 507 g/mol. The van der Waals surface area contributed by atoms with Gasteiger partial charge in [0, 0.05) is 62.3 Å². The van der Waals surface area contributed by atoms with Gasteiger partial charge in [-0.25, -0.2) is 0 Å². The van der Waals surface area contributed by atoms with Gasteiger partial charge in [0.15, 0.2) is 0 Å². The van der Waals surface area contributed by atoms with Crippen LogP contribution in [0.4, 0.5) is 0 Å². The zero-order valence-corrected chi connectivity index (χ0v) is 22.5. The van der Waals surface area contributed by atoms with E-state index >= 15 is 0 Å². The first-order valence-electron chi connectivity index (χ1n) is 13.8. The Balaban J connectivity index is 1.07. The first-order chi connectivity index (χ1) is 17.7. The van der Waals surface area contributed by atoms with E-state index in [0.717, 1.165) is 49.8 Å². The van der Waals surface area contributed by atoms with Crippen LogP contribution in [-0.4, -0.2) is 96.2 Å². The minimum atomic E-state index is -0.488. The van der Waals surface area contributed by atoms with E-state index in [1.807, 2.05) is 36.4 Å². The number of aliphatic hydroxyl groups is 1. The minimum absolute atomic E-state index is 0.202. The summed E-state index contributed by atoms with van der Waals surface area (Å²) >= 11 is 0. The number of amides is 2. The average Bonchev–Trinajstić information content (AvgIpc) is 2.85. The van der Waals surface area contributed by atoms with Crippen LogP contribution in [-0.2, 0) is 4.74 Å². The van der Waals surface area contributed by atoms with Gasteiger partial charge in [-0.3, -0.25) is 24.3 Å². The molecule has 2 heterocycles. The number of nitrogens with zero attached hydrogens (tertiary/aromatic N) is 3. The molecule has 3 atom stereocenters. The molecule has 2 aromatic rings. The van der Waals surface area contributed by atoms with Crippen LogP contribution in [0.1, 0.15) is 60.7 Å². The molecule has 0 radical (unpaired) electrons. The van der Waals surface area contributed by atoms with Crippen molar-refractivity contribution in [3.8, 4) is 0 Å². The highest BCUT2D eigenvalue weighted by Crippen LogP contribution is 2.39. The fraction of sp³-hybridized carbons (Fsp3) is 0.600. The number of β-amino-alcohol motifs (C(OH)–C–C–N with tert-alkyl or cyclic N) is 1. The van der Waals surface area contributed by atoms with Crippen LogP contribution in [0, 0.1) is 11.3 Å². The van der Waals surface area contributed by atoms with Crippen LogP contribution in [0.5, 0.6) is 0 Å². The van der Waals surface area contributed by atoms with Crippen LogP contribution >= 0.6 is 0 Å². The Labute approximate surface area is 220 Å². The van der Waals surface area contributed by atoms with Crippen LogP contribution in [0.25, 0.3) is 10.8 Å². The fourth-order valence-corrected chi connectivity index (χ4v) is 6.70. The Morgan fingerprint density at radius 2 is 1.57 bits per heavy atom. The van der Waals surface area contributed by atoms with Crippen molar-refractivity contribution >= 4 is 22.6 Å². The Bertz CT molecular complexity index is 1090. The van der Waals surface area contributed by atoms with Crippen molar-refractivity contribution in [1.82, 2.24) is 14.7 Å². The van der Waals surface area contributed by atoms with Crippen molar-refractivity contribution in [2.75, 3.05) is 52.4 Å². The minimum Gasteiger partial charge on any atom is -0.389 e. The van der Waals surface area contributed by atoms with E-state index < -0.39 is 6.10 Å². The molecule has 7 heteroatoms. The van der Waals surface area contributed by atoms with Gasteiger partial charge in [0.25, 0.3) is 11.8 Å². The van der Waals surface area contributed by atoms with Gasteiger partial charge in [0.2, 0.25) is 0 Å². The highest BCUT2D eigenvalue weighted by atomic mass is 16.5. The Morgan fingerprint density at radius 3 is 2.19 bits per heavy atom. The summed E-state index contributed by atoms with van der Waals surface area (Å²) in [6.07, 6.45) is 3.13. The summed E-state index contributed by atoms with van der Waals surface area (Å²) in [4.78, 5) is 32.2. The van der Waals surface area contributed by atoms with E-state index in [-0.39, 0.29) is 17.9 Å². The van der Waals surface area contributed by atoms with Gasteiger partial charge in [-0.15, -0.1) is 0 Å². The smallest absolute Gasteiger partial charge is 0.261 e. The molecule has 5 rings (SSSR count). The van der Waals surface area contributed by atoms with Gasteiger partial charge in [0.1, 0.15) is 0 Å². The Kier molecular flexibility index (Phi) is 7.68. The Hall–Kier alpha value is -2.32. The number of carbonyl (C=O) groups excluding carboxylic acids is 2. The summed E-state index contributed by atoms with van der Waals surface area (Å²) in [6.45, 7) is 12.4. The molecule has 0 spiro atoms. The molecule has 2 fully saturated rings. The van der Waals surface area contributed by atoms with E-state index in [1.54, 1.807) is 0 Å². The topological polar surface area (TPSA) is 73.3 Å². The second-order valence-corrected chi connectivity index (χ2v) is 12.1. The highest BCUT2D eigenvalue weighted by Gasteiger charge is 2.34. The van der Waals surface area contributed by atoms with E-state index in [0.29, 0.717) is 48.7 Å². The molecule has 1 saturated heterocycles. The van der Waals surface area contributed by atoms with E-state index in [4.69, 9.17) is 4.74 Å². The fourth-order valence-electron chi connectivity index (χ4n) is 6.70.